The summed E-state index contributed by atoms with van der Waals surface area (Å²) in [6, 6.07) is 8.45. The third-order valence-corrected chi connectivity index (χ3v) is 5.28. The minimum Gasteiger partial charge on any atom is -0.493 e. The zero-order valence-electron chi connectivity index (χ0n) is 18.2. The van der Waals surface area contributed by atoms with Crippen molar-refractivity contribution in [3.05, 3.63) is 52.1 Å². The molecule has 0 aliphatic heterocycles. The Morgan fingerprint density at radius 3 is 2.47 bits per heavy atom. The first kappa shape index (κ1) is 21.4. The number of hydrogen-bond acceptors (Lipinski definition) is 7. The fourth-order valence-electron chi connectivity index (χ4n) is 3.41. The number of methoxy groups -OCH3 is 3. The summed E-state index contributed by atoms with van der Waals surface area (Å²) < 4.78 is 17.5. The topological polar surface area (TPSA) is 120 Å². The fraction of sp³-hybridized carbons (Fsp3) is 0.364. The van der Waals surface area contributed by atoms with Gasteiger partial charge in [-0.1, -0.05) is 0 Å². The lowest BCUT2D eigenvalue weighted by Crippen LogP contribution is -2.32. The van der Waals surface area contributed by atoms with Crippen molar-refractivity contribution >= 4 is 5.91 Å². The molecule has 2 heterocycles. The number of aromatic amines is 1. The van der Waals surface area contributed by atoms with Crippen LogP contribution in [0.5, 0.6) is 17.2 Å². The first-order valence-electron chi connectivity index (χ1n) is 10.3. The predicted molar refractivity (Wildman–Crippen MR) is 116 cm³/mol. The van der Waals surface area contributed by atoms with Crippen molar-refractivity contribution in [2.75, 3.05) is 27.9 Å². The average molecular weight is 439 g/mol. The summed E-state index contributed by atoms with van der Waals surface area (Å²) in [5.41, 5.74) is 2.28. The van der Waals surface area contributed by atoms with Crippen LogP contribution in [0.15, 0.2) is 35.1 Å². The maximum absolute atomic E-state index is 12.5. The second-order valence-electron chi connectivity index (χ2n) is 7.43. The standard InChI is InChI=1S/C22H25N5O5/c1-30-18-10-14(11-19(31-2)21(18)32-3)16-12-17(25-24-16)22(29)23-8-9-27-20(28)7-6-15(26-27)13-4-5-13/h6-7,10-13H,4-5,8-9H2,1-3H3,(H,23,29)(H,24,25). The molecule has 0 bridgehead atoms. The maximum Gasteiger partial charge on any atom is 0.269 e. The molecule has 10 heteroatoms. The highest BCUT2D eigenvalue weighted by molar-refractivity contribution is 5.93. The summed E-state index contributed by atoms with van der Waals surface area (Å²) >= 11 is 0. The monoisotopic (exact) mass is 439 g/mol. The summed E-state index contributed by atoms with van der Waals surface area (Å²) in [5, 5.41) is 14.1. The van der Waals surface area contributed by atoms with Crippen molar-refractivity contribution in [1.82, 2.24) is 25.3 Å². The first-order valence-corrected chi connectivity index (χ1v) is 10.3. The Morgan fingerprint density at radius 1 is 1.12 bits per heavy atom. The number of rotatable bonds is 9. The molecule has 2 aromatic heterocycles. The van der Waals surface area contributed by atoms with Crippen LogP contribution < -0.4 is 25.1 Å². The van der Waals surface area contributed by atoms with E-state index in [0.29, 0.717) is 46.7 Å². The van der Waals surface area contributed by atoms with Crippen LogP contribution in [0.1, 0.15) is 34.9 Å². The van der Waals surface area contributed by atoms with Crippen molar-refractivity contribution in [1.29, 1.82) is 0 Å². The number of nitrogens with one attached hydrogen (secondary N) is 2. The van der Waals surface area contributed by atoms with Crippen LogP contribution in [0, 0.1) is 0 Å². The lowest BCUT2D eigenvalue weighted by atomic mass is 10.1. The predicted octanol–water partition coefficient (Wildman–Crippen LogP) is 1.97. The molecule has 4 rings (SSSR count). The molecule has 0 atom stereocenters. The fourth-order valence-corrected chi connectivity index (χ4v) is 3.41. The largest absolute Gasteiger partial charge is 0.493 e. The molecule has 0 spiro atoms. The minimum atomic E-state index is -0.331. The van der Waals surface area contributed by atoms with Gasteiger partial charge in [0.15, 0.2) is 11.5 Å². The van der Waals surface area contributed by atoms with E-state index in [1.807, 2.05) is 0 Å². The Labute approximate surface area is 184 Å². The lowest BCUT2D eigenvalue weighted by Gasteiger charge is -2.13. The molecule has 1 saturated carbocycles. The normalized spacial score (nSPS) is 13.0. The maximum atomic E-state index is 12.5. The van der Waals surface area contributed by atoms with Crippen LogP contribution in [-0.4, -0.2) is 53.8 Å². The SMILES string of the molecule is COc1cc(-c2cc(C(=O)NCCn3nc(C4CC4)ccc3=O)[nH]n2)cc(OC)c1OC. The summed E-state index contributed by atoms with van der Waals surface area (Å²) in [6.07, 6.45) is 2.21. The van der Waals surface area contributed by atoms with Crippen LogP contribution in [0.2, 0.25) is 0 Å². The van der Waals surface area contributed by atoms with Crippen molar-refractivity contribution in [2.45, 2.75) is 25.3 Å². The molecule has 168 valence electrons. The third-order valence-electron chi connectivity index (χ3n) is 5.28. The van der Waals surface area contributed by atoms with Crippen LogP contribution in [-0.2, 0) is 6.54 Å². The van der Waals surface area contributed by atoms with E-state index in [4.69, 9.17) is 14.2 Å². The molecular weight excluding hydrogens is 414 g/mol. The van der Waals surface area contributed by atoms with Gasteiger partial charge < -0.3 is 19.5 Å². The molecular formula is C22H25N5O5. The van der Waals surface area contributed by atoms with Gasteiger partial charge in [0.05, 0.1) is 39.3 Å². The Kier molecular flexibility index (Phi) is 6.11. The van der Waals surface area contributed by atoms with Gasteiger partial charge in [-0.25, -0.2) is 4.68 Å². The van der Waals surface area contributed by atoms with E-state index < -0.39 is 0 Å². The molecule has 1 aliphatic carbocycles. The van der Waals surface area contributed by atoms with Crippen molar-refractivity contribution in [2.24, 2.45) is 0 Å². The molecule has 10 nitrogen and oxygen atoms in total. The van der Waals surface area contributed by atoms with Crippen molar-refractivity contribution < 1.29 is 19.0 Å². The quantitative estimate of drug-likeness (QED) is 0.523. The summed E-state index contributed by atoms with van der Waals surface area (Å²) in [5.74, 6) is 1.57. The number of H-pyrrole nitrogens is 1. The third kappa shape index (κ3) is 4.43. The Bertz CT molecular complexity index is 1160. The average Bonchev–Trinajstić information content (AvgIpc) is 3.54. The lowest BCUT2D eigenvalue weighted by molar-refractivity contribution is 0.0946. The van der Waals surface area contributed by atoms with Gasteiger partial charge in [-0.3, -0.25) is 14.7 Å². The van der Waals surface area contributed by atoms with Crippen LogP contribution in [0.25, 0.3) is 11.3 Å². The van der Waals surface area contributed by atoms with Gasteiger partial charge in [-0.15, -0.1) is 0 Å². The highest BCUT2D eigenvalue weighted by Gasteiger charge is 2.25. The Hall–Kier alpha value is -3.82. The summed E-state index contributed by atoms with van der Waals surface area (Å²) in [7, 11) is 4.60. The summed E-state index contributed by atoms with van der Waals surface area (Å²) in [6.45, 7) is 0.553. The molecule has 1 aromatic carbocycles. The van der Waals surface area contributed by atoms with Gasteiger partial charge in [0.25, 0.3) is 11.5 Å². The van der Waals surface area contributed by atoms with Gasteiger partial charge in [0.2, 0.25) is 5.75 Å². The Morgan fingerprint density at radius 2 is 1.84 bits per heavy atom. The molecule has 1 amide bonds. The molecule has 1 aliphatic rings. The van der Waals surface area contributed by atoms with E-state index in [1.54, 1.807) is 24.3 Å². The van der Waals surface area contributed by atoms with E-state index >= 15 is 0 Å². The van der Waals surface area contributed by atoms with Gasteiger partial charge in [-0.05, 0) is 37.1 Å². The molecule has 3 aromatic rings. The number of nitrogens with zero attached hydrogens (tertiary/aromatic N) is 3. The number of carbonyl (C=O) groups excluding carboxylic acids is 1. The second kappa shape index (κ2) is 9.13. The van der Waals surface area contributed by atoms with E-state index in [-0.39, 0.29) is 18.0 Å². The van der Waals surface area contributed by atoms with Crippen LogP contribution in [0.4, 0.5) is 0 Å². The molecule has 1 fully saturated rings. The smallest absolute Gasteiger partial charge is 0.269 e. The Balaban J connectivity index is 1.43. The van der Waals surface area contributed by atoms with E-state index in [1.165, 1.54) is 32.1 Å². The number of aromatic nitrogens is 4. The van der Waals surface area contributed by atoms with Gasteiger partial charge in [-0.2, -0.15) is 10.2 Å². The van der Waals surface area contributed by atoms with E-state index in [2.05, 4.69) is 20.6 Å². The van der Waals surface area contributed by atoms with Gasteiger partial charge >= 0.3 is 0 Å². The van der Waals surface area contributed by atoms with Crippen molar-refractivity contribution in [3.8, 4) is 28.5 Å². The number of benzene rings is 1. The minimum absolute atomic E-state index is 0.185. The number of carbonyl (C=O) groups is 1. The molecule has 0 unspecified atom stereocenters. The summed E-state index contributed by atoms with van der Waals surface area (Å²) in [4.78, 5) is 24.5. The molecule has 2 N–H and O–H groups in total. The number of amides is 1. The van der Waals surface area contributed by atoms with E-state index in [9.17, 15) is 9.59 Å². The zero-order valence-corrected chi connectivity index (χ0v) is 18.2. The zero-order chi connectivity index (χ0) is 22.7. The van der Waals surface area contributed by atoms with Crippen molar-refractivity contribution in [3.63, 3.8) is 0 Å². The second-order valence-corrected chi connectivity index (χ2v) is 7.43. The molecule has 0 saturated heterocycles. The van der Waals surface area contributed by atoms with E-state index in [0.717, 1.165) is 18.5 Å². The first-order chi connectivity index (χ1) is 15.5. The van der Waals surface area contributed by atoms with Gasteiger partial charge in [0, 0.05) is 24.1 Å². The highest BCUT2D eigenvalue weighted by Crippen LogP contribution is 2.41. The number of hydrogen-bond donors (Lipinski definition) is 2. The number of ether oxygens (including phenoxy) is 3. The highest BCUT2D eigenvalue weighted by atomic mass is 16.5. The van der Waals surface area contributed by atoms with Gasteiger partial charge in [0.1, 0.15) is 5.69 Å². The molecule has 32 heavy (non-hydrogen) atoms. The molecule has 0 radical (unpaired) electrons. The van der Waals surface area contributed by atoms with Crippen LogP contribution >= 0.6 is 0 Å². The van der Waals surface area contributed by atoms with Crippen LogP contribution in [0.3, 0.4) is 0 Å².